The number of nitrogens with zero attached hydrogens (tertiary/aromatic N) is 1. The van der Waals surface area contributed by atoms with Gasteiger partial charge in [0, 0.05) is 19.1 Å². The van der Waals surface area contributed by atoms with E-state index in [0.717, 1.165) is 32.5 Å². The number of rotatable bonds is 5. The van der Waals surface area contributed by atoms with Crippen LogP contribution in [-0.2, 0) is 6.54 Å². The van der Waals surface area contributed by atoms with E-state index in [9.17, 15) is 8.78 Å². The summed E-state index contributed by atoms with van der Waals surface area (Å²) >= 11 is 0. The van der Waals surface area contributed by atoms with Crippen molar-refractivity contribution in [2.45, 2.75) is 45.7 Å². The second kappa shape index (κ2) is 7.14. The Morgan fingerprint density at radius 3 is 2.90 bits per heavy atom. The molecule has 0 bridgehead atoms. The average Bonchev–Trinajstić information content (AvgIpc) is 2.41. The summed E-state index contributed by atoms with van der Waals surface area (Å²) in [6, 6.07) is 6.71. The van der Waals surface area contributed by atoms with E-state index in [4.69, 9.17) is 0 Å². The molecule has 1 aliphatic heterocycles. The highest BCUT2D eigenvalue weighted by atomic mass is 19.3. The van der Waals surface area contributed by atoms with E-state index in [1.165, 1.54) is 16.7 Å². The Morgan fingerprint density at radius 2 is 2.15 bits per heavy atom. The first kappa shape index (κ1) is 15.4. The van der Waals surface area contributed by atoms with Gasteiger partial charge in [-0.05, 0) is 44.4 Å². The van der Waals surface area contributed by atoms with Crippen molar-refractivity contribution in [1.29, 1.82) is 0 Å². The molecule has 1 aromatic rings. The van der Waals surface area contributed by atoms with Crippen LogP contribution in [-0.4, -0.2) is 37.0 Å². The molecule has 0 radical (unpaired) electrons. The first-order valence-corrected chi connectivity index (χ1v) is 7.34. The second-order valence-corrected chi connectivity index (χ2v) is 5.80. The zero-order valence-corrected chi connectivity index (χ0v) is 12.3. The molecule has 1 fully saturated rings. The molecule has 0 saturated carbocycles. The summed E-state index contributed by atoms with van der Waals surface area (Å²) in [5.41, 5.74) is 3.92. The standard InChI is InChI=1S/C16H24F2N2/c1-12-5-6-13(2)14(8-12)10-20-7-3-4-15(11-20)19-9-16(17)18/h5-6,8,15-16,19H,3-4,7,9-11H2,1-2H3. The second-order valence-electron chi connectivity index (χ2n) is 5.80. The summed E-state index contributed by atoms with van der Waals surface area (Å²) in [5.74, 6) is 0. The molecule has 1 N–H and O–H groups in total. The summed E-state index contributed by atoms with van der Waals surface area (Å²) in [6.45, 7) is 6.88. The fraction of sp³-hybridized carbons (Fsp3) is 0.625. The lowest BCUT2D eigenvalue weighted by atomic mass is 10.0. The number of aryl methyl sites for hydroxylation is 2. The third-order valence-corrected chi connectivity index (χ3v) is 3.96. The molecule has 1 unspecified atom stereocenters. The molecule has 1 aliphatic rings. The minimum atomic E-state index is -2.26. The van der Waals surface area contributed by atoms with Crippen LogP contribution >= 0.6 is 0 Å². The number of hydrogen-bond acceptors (Lipinski definition) is 2. The van der Waals surface area contributed by atoms with Gasteiger partial charge in [-0.3, -0.25) is 4.90 Å². The van der Waals surface area contributed by atoms with Gasteiger partial charge in [0.2, 0.25) is 0 Å². The molecule has 1 saturated heterocycles. The molecule has 2 nitrogen and oxygen atoms in total. The van der Waals surface area contributed by atoms with Crippen LogP contribution in [0.4, 0.5) is 8.78 Å². The number of piperidine rings is 1. The Kier molecular flexibility index (Phi) is 5.49. The quantitative estimate of drug-likeness (QED) is 0.892. The van der Waals surface area contributed by atoms with E-state index >= 15 is 0 Å². The Balaban J connectivity index is 1.90. The van der Waals surface area contributed by atoms with E-state index in [2.05, 4.69) is 42.3 Å². The molecule has 0 aliphatic carbocycles. The maximum atomic E-state index is 12.3. The van der Waals surface area contributed by atoms with Gasteiger partial charge in [-0.2, -0.15) is 0 Å². The summed E-state index contributed by atoms with van der Waals surface area (Å²) < 4.78 is 24.5. The number of alkyl halides is 2. The van der Waals surface area contributed by atoms with Crippen molar-refractivity contribution in [3.63, 3.8) is 0 Å². The Morgan fingerprint density at radius 1 is 1.35 bits per heavy atom. The average molecular weight is 282 g/mol. The van der Waals surface area contributed by atoms with Crippen molar-refractivity contribution in [2.75, 3.05) is 19.6 Å². The minimum absolute atomic E-state index is 0.192. The van der Waals surface area contributed by atoms with Crippen molar-refractivity contribution in [3.05, 3.63) is 34.9 Å². The number of nitrogens with one attached hydrogen (secondary N) is 1. The van der Waals surface area contributed by atoms with Crippen LogP contribution in [0.3, 0.4) is 0 Å². The Labute approximate surface area is 120 Å². The Hall–Kier alpha value is -1.00. The van der Waals surface area contributed by atoms with Crippen molar-refractivity contribution >= 4 is 0 Å². The van der Waals surface area contributed by atoms with Crippen LogP contribution in [0.15, 0.2) is 18.2 Å². The minimum Gasteiger partial charge on any atom is -0.307 e. The van der Waals surface area contributed by atoms with Crippen molar-refractivity contribution < 1.29 is 8.78 Å². The summed E-state index contributed by atoms with van der Waals surface area (Å²) in [5, 5.41) is 2.97. The maximum Gasteiger partial charge on any atom is 0.250 e. The van der Waals surface area contributed by atoms with Crippen LogP contribution in [0.2, 0.25) is 0 Å². The SMILES string of the molecule is Cc1ccc(C)c(CN2CCCC(NCC(F)F)C2)c1. The lowest BCUT2D eigenvalue weighted by molar-refractivity contribution is 0.124. The first-order valence-electron chi connectivity index (χ1n) is 7.34. The van der Waals surface area contributed by atoms with E-state index in [1.807, 2.05) is 0 Å². The van der Waals surface area contributed by atoms with Gasteiger partial charge in [0.25, 0.3) is 6.43 Å². The zero-order chi connectivity index (χ0) is 14.5. The monoisotopic (exact) mass is 282 g/mol. The van der Waals surface area contributed by atoms with Crippen molar-refractivity contribution in [3.8, 4) is 0 Å². The number of halogens is 2. The lowest BCUT2D eigenvalue weighted by Crippen LogP contribution is -2.46. The first-order chi connectivity index (χ1) is 9.54. The highest BCUT2D eigenvalue weighted by molar-refractivity contribution is 5.30. The van der Waals surface area contributed by atoms with Gasteiger partial charge in [0.1, 0.15) is 0 Å². The van der Waals surface area contributed by atoms with E-state index in [0.29, 0.717) is 0 Å². The molecule has 112 valence electrons. The number of benzene rings is 1. The lowest BCUT2D eigenvalue weighted by Gasteiger charge is -2.33. The van der Waals surface area contributed by atoms with E-state index in [-0.39, 0.29) is 12.6 Å². The Bertz CT molecular complexity index is 434. The number of likely N-dealkylation sites (tertiary alicyclic amines) is 1. The topological polar surface area (TPSA) is 15.3 Å². The normalized spacial score (nSPS) is 20.6. The molecule has 20 heavy (non-hydrogen) atoms. The van der Waals surface area contributed by atoms with Crippen molar-refractivity contribution in [1.82, 2.24) is 10.2 Å². The summed E-state index contributed by atoms with van der Waals surface area (Å²) in [6.07, 6.45) is -0.189. The third kappa shape index (κ3) is 4.53. The molecule has 1 heterocycles. The van der Waals surface area contributed by atoms with Gasteiger partial charge < -0.3 is 5.32 Å². The highest BCUT2D eigenvalue weighted by Crippen LogP contribution is 2.17. The summed E-state index contributed by atoms with van der Waals surface area (Å²) in [7, 11) is 0. The van der Waals surface area contributed by atoms with Crippen LogP contribution in [0.1, 0.15) is 29.5 Å². The molecular formula is C16H24F2N2. The zero-order valence-electron chi connectivity index (χ0n) is 12.3. The molecule has 4 heteroatoms. The van der Waals surface area contributed by atoms with Crippen molar-refractivity contribution in [2.24, 2.45) is 0 Å². The van der Waals surface area contributed by atoms with Crippen LogP contribution < -0.4 is 5.32 Å². The molecular weight excluding hydrogens is 258 g/mol. The molecule has 0 amide bonds. The third-order valence-electron chi connectivity index (χ3n) is 3.96. The summed E-state index contributed by atoms with van der Waals surface area (Å²) in [4.78, 5) is 2.37. The molecule has 2 rings (SSSR count). The van der Waals surface area contributed by atoms with Crippen LogP contribution in [0.5, 0.6) is 0 Å². The maximum absolute atomic E-state index is 12.3. The van der Waals surface area contributed by atoms with Gasteiger partial charge >= 0.3 is 0 Å². The smallest absolute Gasteiger partial charge is 0.250 e. The van der Waals surface area contributed by atoms with Gasteiger partial charge in [-0.15, -0.1) is 0 Å². The van der Waals surface area contributed by atoms with Gasteiger partial charge in [0.05, 0.1) is 6.54 Å². The number of hydrogen-bond donors (Lipinski definition) is 1. The molecule has 0 aromatic heterocycles. The van der Waals surface area contributed by atoms with E-state index in [1.54, 1.807) is 0 Å². The van der Waals surface area contributed by atoms with Gasteiger partial charge in [0.15, 0.2) is 0 Å². The molecule has 0 spiro atoms. The highest BCUT2D eigenvalue weighted by Gasteiger charge is 2.20. The fourth-order valence-electron chi connectivity index (χ4n) is 2.83. The largest absolute Gasteiger partial charge is 0.307 e. The van der Waals surface area contributed by atoms with Gasteiger partial charge in [-0.1, -0.05) is 23.8 Å². The van der Waals surface area contributed by atoms with Crippen LogP contribution in [0, 0.1) is 13.8 Å². The fourth-order valence-corrected chi connectivity index (χ4v) is 2.83. The molecule has 1 aromatic carbocycles. The van der Waals surface area contributed by atoms with E-state index < -0.39 is 6.43 Å². The predicted octanol–water partition coefficient (Wildman–Crippen LogP) is 3.12. The molecule has 1 atom stereocenters. The predicted molar refractivity (Wildman–Crippen MR) is 78.2 cm³/mol. The van der Waals surface area contributed by atoms with Gasteiger partial charge in [-0.25, -0.2) is 8.78 Å². The van der Waals surface area contributed by atoms with Crippen LogP contribution in [0.25, 0.3) is 0 Å².